The molecular weight excluding hydrogens is 175 g/mol. The Labute approximate surface area is 74.4 Å². The maximum absolute atomic E-state index is 12.8. The summed E-state index contributed by atoms with van der Waals surface area (Å²) in [7, 11) is 0. The second-order valence-electron chi connectivity index (χ2n) is 2.32. The highest BCUT2D eigenvalue weighted by molar-refractivity contribution is 5.94. The molecule has 0 spiro atoms. The Balaban J connectivity index is 2.71. The molecule has 0 aromatic carbocycles. The van der Waals surface area contributed by atoms with Gasteiger partial charge in [-0.25, -0.2) is 4.98 Å². The second kappa shape index (κ2) is 4.51. The summed E-state index contributed by atoms with van der Waals surface area (Å²) in [5, 5.41) is 10.7. The number of amides is 1. The standard InChI is InChI=1S/C8H9FN2O2/c9-7-6(2-1-3-10-7)8(13)11-4-5-12/h1-3,12H,4-5H2,(H,11,13). The van der Waals surface area contributed by atoms with E-state index in [9.17, 15) is 9.18 Å². The van der Waals surface area contributed by atoms with Crippen LogP contribution in [0.15, 0.2) is 18.3 Å². The number of carbonyl (C=O) groups is 1. The molecule has 2 N–H and O–H groups in total. The van der Waals surface area contributed by atoms with Gasteiger partial charge in [-0.2, -0.15) is 4.39 Å². The Bertz CT molecular complexity index is 304. The molecule has 1 aromatic heterocycles. The van der Waals surface area contributed by atoms with Crippen molar-refractivity contribution < 1.29 is 14.3 Å². The maximum Gasteiger partial charge on any atom is 0.256 e. The van der Waals surface area contributed by atoms with Crippen molar-refractivity contribution in [2.24, 2.45) is 0 Å². The summed E-state index contributed by atoms with van der Waals surface area (Å²) in [5.74, 6) is -1.38. The second-order valence-corrected chi connectivity index (χ2v) is 2.32. The van der Waals surface area contributed by atoms with Crippen LogP contribution in [0.4, 0.5) is 4.39 Å². The van der Waals surface area contributed by atoms with E-state index in [0.717, 1.165) is 0 Å². The zero-order chi connectivity index (χ0) is 9.68. The number of pyridine rings is 1. The Morgan fingerprint density at radius 2 is 2.46 bits per heavy atom. The average Bonchev–Trinajstić information content (AvgIpc) is 2.15. The Morgan fingerprint density at radius 1 is 1.69 bits per heavy atom. The highest BCUT2D eigenvalue weighted by Crippen LogP contribution is 2.01. The number of hydrogen-bond donors (Lipinski definition) is 2. The fourth-order valence-electron chi connectivity index (χ4n) is 0.820. The first-order valence-corrected chi connectivity index (χ1v) is 3.75. The molecule has 4 nitrogen and oxygen atoms in total. The summed E-state index contributed by atoms with van der Waals surface area (Å²) in [6.45, 7) is -0.0687. The third kappa shape index (κ3) is 2.48. The molecule has 5 heteroatoms. The minimum Gasteiger partial charge on any atom is -0.395 e. The van der Waals surface area contributed by atoms with Crippen molar-refractivity contribution in [3.8, 4) is 0 Å². The molecule has 1 heterocycles. The first-order chi connectivity index (χ1) is 6.25. The van der Waals surface area contributed by atoms with Crippen LogP contribution in [-0.2, 0) is 0 Å². The maximum atomic E-state index is 12.8. The fraction of sp³-hybridized carbons (Fsp3) is 0.250. The number of aromatic nitrogens is 1. The summed E-state index contributed by atoms with van der Waals surface area (Å²) in [5.41, 5.74) is -0.115. The normalized spacial score (nSPS) is 9.69. The highest BCUT2D eigenvalue weighted by Gasteiger charge is 2.10. The van der Waals surface area contributed by atoms with Gasteiger partial charge in [0.1, 0.15) is 0 Å². The van der Waals surface area contributed by atoms with Gasteiger partial charge in [0, 0.05) is 12.7 Å². The number of carbonyl (C=O) groups excluding carboxylic acids is 1. The number of aliphatic hydroxyl groups is 1. The van der Waals surface area contributed by atoms with E-state index in [1.165, 1.54) is 18.3 Å². The zero-order valence-corrected chi connectivity index (χ0v) is 6.83. The Hall–Kier alpha value is -1.49. The molecule has 0 bridgehead atoms. The number of halogens is 1. The van der Waals surface area contributed by atoms with Crippen LogP contribution in [-0.4, -0.2) is 29.1 Å². The molecule has 0 aliphatic heterocycles. The van der Waals surface area contributed by atoms with Crippen molar-refractivity contribution in [2.45, 2.75) is 0 Å². The van der Waals surface area contributed by atoms with E-state index in [-0.39, 0.29) is 18.7 Å². The molecule has 0 unspecified atom stereocenters. The predicted molar refractivity (Wildman–Crippen MR) is 43.6 cm³/mol. The summed E-state index contributed by atoms with van der Waals surface area (Å²) in [4.78, 5) is 14.4. The van der Waals surface area contributed by atoms with Gasteiger partial charge in [0.15, 0.2) is 0 Å². The van der Waals surface area contributed by atoms with Gasteiger partial charge in [-0.05, 0) is 12.1 Å². The van der Waals surface area contributed by atoms with E-state index in [1.807, 2.05) is 0 Å². The van der Waals surface area contributed by atoms with Crippen molar-refractivity contribution in [1.82, 2.24) is 10.3 Å². The fourth-order valence-corrected chi connectivity index (χ4v) is 0.820. The highest BCUT2D eigenvalue weighted by atomic mass is 19.1. The molecule has 1 rings (SSSR count). The van der Waals surface area contributed by atoms with E-state index >= 15 is 0 Å². The zero-order valence-electron chi connectivity index (χ0n) is 6.83. The molecule has 0 saturated heterocycles. The van der Waals surface area contributed by atoms with Crippen LogP contribution in [0, 0.1) is 5.95 Å². The van der Waals surface area contributed by atoms with Crippen molar-refractivity contribution >= 4 is 5.91 Å². The molecule has 1 amide bonds. The molecule has 0 fully saturated rings. The van der Waals surface area contributed by atoms with Crippen molar-refractivity contribution in [2.75, 3.05) is 13.2 Å². The van der Waals surface area contributed by atoms with Crippen molar-refractivity contribution in [3.63, 3.8) is 0 Å². The molecular formula is C8H9FN2O2. The number of hydrogen-bond acceptors (Lipinski definition) is 3. The minimum absolute atomic E-state index is 0.104. The average molecular weight is 184 g/mol. The van der Waals surface area contributed by atoms with E-state index in [4.69, 9.17) is 5.11 Å². The first-order valence-electron chi connectivity index (χ1n) is 3.75. The van der Waals surface area contributed by atoms with Crippen LogP contribution in [0.25, 0.3) is 0 Å². The van der Waals surface area contributed by atoms with Gasteiger partial charge in [-0.15, -0.1) is 0 Å². The predicted octanol–water partition coefficient (Wildman–Crippen LogP) is -0.0572. The van der Waals surface area contributed by atoms with Crippen molar-refractivity contribution in [1.29, 1.82) is 0 Å². The van der Waals surface area contributed by atoms with Crippen LogP contribution in [0.3, 0.4) is 0 Å². The minimum atomic E-state index is -0.807. The van der Waals surface area contributed by atoms with Crippen LogP contribution in [0.2, 0.25) is 0 Å². The Morgan fingerprint density at radius 3 is 3.08 bits per heavy atom. The van der Waals surface area contributed by atoms with Crippen LogP contribution in [0.1, 0.15) is 10.4 Å². The van der Waals surface area contributed by atoms with E-state index in [2.05, 4.69) is 10.3 Å². The van der Waals surface area contributed by atoms with Crippen LogP contribution in [0.5, 0.6) is 0 Å². The summed E-state index contributed by atoms with van der Waals surface area (Å²) in [6, 6.07) is 2.80. The van der Waals surface area contributed by atoms with E-state index in [1.54, 1.807) is 0 Å². The van der Waals surface area contributed by atoms with Gasteiger partial charge in [-0.1, -0.05) is 0 Å². The molecule has 0 atom stereocenters. The molecule has 1 aromatic rings. The lowest BCUT2D eigenvalue weighted by Crippen LogP contribution is -2.27. The number of rotatable bonds is 3. The lowest BCUT2D eigenvalue weighted by Gasteiger charge is -2.02. The van der Waals surface area contributed by atoms with Gasteiger partial charge in [-0.3, -0.25) is 4.79 Å². The lowest BCUT2D eigenvalue weighted by atomic mass is 10.2. The van der Waals surface area contributed by atoms with Crippen LogP contribution >= 0.6 is 0 Å². The molecule has 0 aliphatic rings. The van der Waals surface area contributed by atoms with E-state index in [0.29, 0.717) is 0 Å². The van der Waals surface area contributed by atoms with Gasteiger partial charge >= 0.3 is 0 Å². The monoisotopic (exact) mass is 184 g/mol. The third-order valence-corrected chi connectivity index (χ3v) is 1.40. The van der Waals surface area contributed by atoms with Gasteiger partial charge in [0.2, 0.25) is 5.95 Å². The number of nitrogens with one attached hydrogen (secondary N) is 1. The molecule has 13 heavy (non-hydrogen) atoms. The Kier molecular flexibility index (Phi) is 3.33. The number of nitrogens with zero attached hydrogens (tertiary/aromatic N) is 1. The molecule has 0 radical (unpaired) electrons. The van der Waals surface area contributed by atoms with Crippen LogP contribution < -0.4 is 5.32 Å². The van der Waals surface area contributed by atoms with E-state index < -0.39 is 11.9 Å². The largest absolute Gasteiger partial charge is 0.395 e. The SMILES string of the molecule is O=C(NCCO)c1cccnc1F. The quantitative estimate of drug-likeness (QED) is 0.647. The smallest absolute Gasteiger partial charge is 0.256 e. The summed E-state index contributed by atoms with van der Waals surface area (Å²) >= 11 is 0. The van der Waals surface area contributed by atoms with Gasteiger partial charge in [0.05, 0.1) is 12.2 Å². The van der Waals surface area contributed by atoms with Gasteiger partial charge < -0.3 is 10.4 Å². The molecule has 70 valence electrons. The third-order valence-electron chi connectivity index (χ3n) is 1.40. The van der Waals surface area contributed by atoms with Crippen molar-refractivity contribution in [3.05, 3.63) is 29.8 Å². The number of aliphatic hydroxyl groups excluding tert-OH is 1. The first kappa shape index (κ1) is 9.60. The summed E-state index contributed by atoms with van der Waals surface area (Å²) in [6.07, 6.45) is 1.26. The molecule has 0 aliphatic carbocycles. The lowest BCUT2D eigenvalue weighted by molar-refractivity contribution is 0.0940. The van der Waals surface area contributed by atoms with Gasteiger partial charge in [0.25, 0.3) is 5.91 Å². The topological polar surface area (TPSA) is 62.2 Å². The molecule has 0 saturated carbocycles. The summed E-state index contributed by atoms with van der Waals surface area (Å²) < 4.78 is 12.8.